The van der Waals surface area contributed by atoms with E-state index in [-0.39, 0.29) is 0 Å². The van der Waals surface area contributed by atoms with Crippen LogP contribution in [-0.4, -0.2) is 21.5 Å². The normalized spacial score (nSPS) is 10.9. The lowest BCUT2D eigenvalue weighted by Gasteiger charge is -2.06. The molecule has 0 saturated carbocycles. The highest BCUT2D eigenvalue weighted by Gasteiger charge is 2.12. The van der Waals surface area contributed by atoms with E-state index in [2.05, 4.69) is 26.2 Å². The number of benzene rings is 1. The fraction of sp³-hybridized carbons (Fsp3) is 0.273. The van der Waals surface area contributed by atoms with Crippen LogP contribution in [0, 0.1) is 0 Å². The molecule has 0 radical (unpaired) electrons. The summed E-state index contributed by atoms with van der Waals surface area (Å²) in [7, 11) is 0. The summed E-state index contributed by atoms with van der Waals surface area (Å²) in [4.78, 5) is 0. The molecule has 7 heteroatoms. The van der Waals surface area contributed by atoms with Gasteiger partial charge >= 0.3 is 0 Å². The largest absolute Gasteiger partial charge is 0.330 e. The van der Waals surface area contributed by atoms with Gasteiger partial charge in [0.05, 0.1) is 21.9 Å². The lowest BCUT2D eigenvalue weighted by atomic mass is 10.2. The van der Waals surface area contributed by atoms with Crippen molar-refractivity contribution in [2.75, 3.05) is 6.54 Å². The van der Waals surface area contributed by atoms with Gasteiger partial charge in [-0.1, -0.05) is 44.3 Å². The molecule has 0 amide bonds. The molecule has 2 aromatic rings. The van der Waals surface area contributed by atoms with E-state index in [1.807, 2.05) is 6.20 Å². The zero-order chi connectivity index (χ0) is 13.1. The van der Waals surface area contributed by atoms with Gasteiger partial charge in [0.2, 0.25) is 0 Å². The maximum Gasteiger partial charge on any atom is 0.104 e. The van der Waals surface area contributed by atoms with Gasteiger partial charge in [-0.05, 0) is 31.5 Å². The van der Waals surface area contributed by atoms with Crippen LogP contribution in [0.5, 0.6) is 0 Å². The summed E-state index contributed by atoms with van der Waals surface area (Å²) < 4.78 is 2.41. The quantitative estimate of drug-likeness (QED) is 0.921. The van der Waals surface area contributed by atoms with E-state index in [1.54, 1.807) is 16.8 Å². The van der Waals surface area contributed by atoms with Crippen LogP contribution in [0.3, 0.4) is 0 Å². The molecule has 2 rings (SSSR count). The molecule has 0 unspecified atom stereocenters. The summed E-state index contributed by atoms with van der Waals surface area (Å²) in [6, 6.07) is 3.54. The third kappa shape index (κ3) is 3.03. The highest BCUT2D eigenvalue weighted by atomic mass is 79.9. The van der Waals surface area contributed by atoms with E-state index in [4.69, 9.17) is 28.9 Å². The molecule has 1 heterocycles. The molecule has 4 nitrogen and oxygen atoms in total. The summed E-state index contributed by atoms with van der Waals surface area (Å²) in [5.41, 5.74) is 6.96. The van der Waals surface area contributed by atoms with Gasteiger partial charge in [0, 0.05) is 4.47 Å². The Labute approximate surface area is 123 Å². The van der Waals surface area contributed by atoms with Gasteiger partial charge in [-0.25, -0.2) is 4.68 Å². The number of rotatable bonds is 4. The second-order valence-corrected chi connectivity index (χ2v) is 5.49. The van der Waals surface area contributed by atoms with Crippen LogP contribution in [0.25, 0.3) is 5.69 Å². The van der Waals surface area contributed by atoms with E-state index in [1.165, 1.54) is 0 Å². The minimum absolute atomic E-state index is 0.518. The van der Waals surface area contributed by atoms with Gasteiger partial charge in [0.1, 0.15) is 5.69 Å². The van der Waals surface area contributed by atoms with E-state index < -0.39 is 0 Å². The number of halogens is 3. The van der Waals surface area contributed by atoms with Gasteiger partial charge in [-0.3, -0.25) is 0 Å². The molecule has 0 saturated heterocycles. The highest BCUT2D eigenvalue weighted by molar-refractivity contribution is 9.10. The maximum absolute atomic E-state index is 6.16. The minimum atomic E-state index is 0.518. The SMILES string of the molecule is NCCCc1cn(-c2c(Cl)cc(Br)cc2Cl)nn1. The van der Waals surface area contributed by atoms with Crippen LogP contribution in [-0.2, 0) is 6.42 Å². The Kier molecular flexibility index (Phi) is 4.61. The van der Waals surface area contributed by atoms with Gasteiger partial charge in [0.25, 0.3) is 0 Å². The first-order chi connectivity index (χ1) is 8.61. The predicted molar refractivity (Wildman–Crippen MR) is 76.5 cm³/mol. The van der Waals surface area contributed by atoms with Gasteiger partial charge in [0.15, 0.2) is 0 Å². The number of hydrogen-bond acceptors (Lipinski definition) is 3. The van der Waals surface area contributed by atoms with Gasteiger partial charge in [-0.2, -0.15) is 0 Å². The van der Waals surface area contributed by atoms with Crippen molar-refractivity contribution < 1.29 is 0 Å². The standard InChI is InChI=1S/C11H11BrCl2N4/c12-7-4-9(13)11(10(14)5-7)18-6-8(16-17-18)2-1-3-15/h4-6H,1-3,15H2. The van der Waals surface area contributed by atoms with E-state index in [0.717, 1.165) is 23.0 Å². The van der Waals surface area contributed by atoms with E-state index in [9.17, 15) is 0 Å². The van der Waals surface area contributed by atoms with Crippen LogP contribution >= 0.6 is 39.1 Å². The Morgan fingerprint density at radius 3 is 2.56 bits per heavy atom. The summed E-state index contributed by atoms with van der Waals surface area (Å²) in [6.07, 6.45) is 3.49. The molecule has 0 spiro atoms. The van der Waals surface area contributed by atoms with Crippen molar-refractivity contribution in [3.63, 3.8) is 0 Å². The zero-order valence-corrected chi connectivity index (χ0v) is 12.5. The highest BCUT2D eigenvalue weighted by Crippen LogP contribution is 2.31. The predicted octanol–water partition coefficient (Wildman–Crippen LogP) is 3.23. The lowest BCUT2D eigenvalue weighted by Crippen LogP contribution is -2.00. The Balaban J connectivity index is 2.34. The molecular weight excluding hydrogens is 339 g/mol. The van der Waals surface area contributed by atoms with Crippen molar-refractivity contribution >= 4 is 39.1 Å². The van der Waals surface area contributed by atoms with Crippen molar-refractivity contribution in [3.05, 3.63) is 38.5 Å². The molecule has 0 atom stereocenters. The number of aromatic nitrogens is 3. The second kappa shape index (κ2) is 6.02. The Bertz CT molecular complexity index is 533. The zero-order valence-electron chi connectivity index (χ0n) is 9.41. The molecule has 0 fully saturated rings. The number of aryl methyl sites for hydroxylation is 1. The lowest BCUT2D eigenvalue weighted by molar-refractivity contribution is 0.779. The summed E-state index contributed by atoms with van der Waals surface area (Å²) in [6.45, 7) is 0.632. The van der Waals surface area contributed by atoms with Crippen LogP contribution in [0.15, 0.2) is 22.8 Å². The average Bonchev–Trinajstić information content (AvgIpc) is 2.73. The van der Waals surface area contributed by atoms with Crippen molar-refractivity contribution in [2.24, 2.45) is 5.73 Å². The topological polar surface area (TPSA) is 56.7 Å². The van der Waals surface area contributed by atoms with Crippen LogP contribution < -0.4 is 5.73 Å². The molecule has 96 valence electrons. The molecule has 18 heavy (non-hydrogen) atoms. The van der Waals surface area contributed by atoms with Crippen molar-refractivity contribution in [2.45, 2.75) is 12.8 Å². The van der Waals surface area contributed by atoms with E-state index >= 15 is 0 Å². The van der Waals surface area contributed by atoms with Gasteiger partial charge < -0.3 is 5.73 Å². The average molecular weight is 350 g/mol. The third-order valence-corrected chi connectivity index (χ3v) is 3.42. The Morgan fingerprint density at radius 2 is 1.94 bits per heavy atom. The first-order valence-corrected chi connectivity index (χ1v) is 6.93. The molecular formula is C11H11BrCl2N4. The first-order valence-electron chi connectivity index (χ1n) is 5.38. The number of nitrogens with zero attached hydrogens (tertiary/aromatic N) is 3. The smallest absolute Gasteiger partial charge is 0.104 e. The molecule has 0 aliphatic rings. The molecule has 0 bridgehead atoms. The minimum Gasteiger partial charge on any atom is -0.330 e. The molecule has 0 aliphatic carbocycles. The second-order valence-electron chi connectivity index (χ2n) is 3.76. The maximum atomic E-state index is 6.16. The Hall–Kier alpha value is -0.620. The number of hydrogen-bond donors (Lipinski definition) is 1. The van der Waals surface area contributed by atoms with Crippen molar-refractivity contribution in [3.8, 4) is 5.69 Å². The van der Waals surface area contributed by atoms with E-state index in [0.29, 0.717) is 22.3 Å². The van der Waals surface area contributed by atoms with Crippen LogP contribution in [0.2, 0.25) is 10.0 Å². The fourth-order valence-corrected chi connectivity index (χ4v) is 2.94. The molecule has 1 aromatic heterocycles. The summed E-state index contributed by atoms with van der Waals surface area (Å²) in [5, 5.41) is 9.13. The summed E-state index contributed by atoms with van der Waals surface area (Å²) >= 11 is 15.7. The fourth-order valence-electron chi connectivity index (χ4n) is 1.56. The molecule has 0 aliphatic heterocycles. The van der Waals surface area contributed by atoms with Crippen molar-refractivity contribution in [1.29, 1.82) is 0 Å². The summed E-state index contributed by atoms with van der Waals surface area (Å²) in [5.74, 6) is 0. The third-order valence-electron chi connectivity index (χ3n) is 2.39. The Morgan fingerprint density at radius 1 is 1.28 bits per heavy atom. The molecule has 2 N–H and O–H groups in total. The van der Waals surface area contributed by atoms with Crippen LogP contribution in [0.1, 0.15) is 12.1 Å². The van der Waals surface area contributed by atoms with Crippen LogP contribution in [0.4, 0.5) is 0 Å². The first kappa shape index (κ1) is 13.8. The number of nitrogens with two attached hydrogens (primary N) is 1. The van der Waals surface area contributed by atoms with Crippen molar-refractivity contribution in [1.82, 2.24) is 15.0 Å². The molecule has 1 aromatic carbocycles. The van der Waals surface area contributed by atoms with Gasteiger partial charge in [-0.15, -0.1) is 5.10 Å². The monoisotopic (exact) mass is 348 g/mol.